The van der Waals surface area contributed by atoms with E-state index in [1.165, 1.54) is 44.5 Å². The number of hydrogen-bond acceptors (Lipinski definition) is 5. The van der Waals surface area contributed by atoms with Gasteiger partial charge in [0.05, 0.1) is 26.0 Å². The monoisotopic (exact) mass is 434 g/mol. The van der Waals surface area contributed by atoms with Gasteiger partial charge in [0, 0.05) is 6.61 Å². The zero-order valence-corrected chi connectivity index (χ0v) is 20.6. The van der Waals surface area contributed by atoms with Crippen LogP contribution in [0.5, 0.6) is 0 Å². The summed E-state index contributed by atoms with van der Waals surface area (Å²) in [6, 6.07) is 0. The number of hydrogen-bond donors (Lipinski definition) is 0. The van der Waals surface area contributed by atoms with E-state index < -0.39 is 7.60 Å². The predicted octanol–water partition coefficient (Wildman–Crippen LogP) is 7.08. The summed E-state index contributed by atoms with van der Waals surface area (Å²) in [5.74, 6) is 2.49. The molecule has 0 aromatic heterocycles. The van der Waals surface area contributed by atoms with Gasteiger partial charge < -0.3 is 13.8 Å². The third-order valence-electron chi connectivity index (χ3n) is 5.09. The van der Waals surface area contributed by atoms with Gasteiger partial charge in [0.1, 0.15) is 5.94 Å². The fraction of sp³-hybridized carbons (Fsp3) is 0.913. The van der Waals surface area contributed by atoms with E-state index in [-0.39, 0.29) is 0 Å². The van der Waals surface area contributed by atoms with Crippen molar-refractivity contribution < 1.29 is 23.1 Å². The van der Waals surface area contributed by atoms with Crippen molar-refractivity contribution in [3.05, 3.63) is 6.58 Å². The van der Waals surface area contributed by atoms with Crippen LogP contribution in [0.4, 0.5) is 0 Å². The van der Waals surface area contributed by atoms with Gasteiger partial charge in [-0.1, -0.05) is 72.6 Å². The van der Waals surface area contributed by atoms with E-state index in [9.17, 15) is 4.57 Å². The molecule has 0 aromatic rings. The number of carbonyl (C=O) groups excluding carboxylic acids is 1. The summed E-state index contributed by atoms with van der Waals surface area (Å²) < 4.78 is 29.8. The molecule has 0 fully saturated rings. The van der Waals surface area contributed by atoms with Crippen molar-refractivity contribution in [2.75, 3.05) is 32.6 Å². The van der Waals surface area contributed by atoms with Crippen LogP contribution in [0.1, 0.15) is 92.4 Å². The molecule has 0 aliphatic rings. The molecule has 0 aliphatic carbocycles. The van der Waals surface area contributed by atoms with E-state index in [1.54, 1.807) is 0 Å². The summed E-state index contributed by atoms with van der Waals surface area (Å²) >= 11 is 0. The quantitative estimate of drug-likeness (QED) is 0.123. The summed E-state index contributed by atoms with van der Waals surface area (Å²) in [5, 5.41) is 0. The van der Waals surface area contributed by atoms with Gasteiger partial charge in [-0.25, -0.2) is 4.79 Å². The first-order chi connectivity index (χ1) is 14.0. The normalized spacial score (nSPS) is 14.9. The minimum atomic E-state index is -2.99. The van der Waals surface area contributed by atoms with Gasteiger partial charge in [-0.15, -0.1) is 0 Å². The van der Waals surface area contributed by atoms with Crippen LogP contribution in [0.25, 0.3) is 0 Å². The molecule has 0 saturated carbocycles. The minimum Gasteiger partial charge on any atom is -0.379 e. The van der Waals surface area contributed by atoms with Crippen LogP contribution in [0.3, 0.4) is 0 Å². The lowest BCUT2D eigenvalue weighted by atomic mass is 9.97. The van der Waals surface area contributed by atoms with Gasteiger partial charge in [0.15, 0.2) is 0 Å². The Hall–Kier alpha value is -0.440. The molecule has 0 heterocycles. The Labute approximate surface area is 180 Å². The number of ether oxygens (including phenoxy) is 1. The molecule has 6 heteroatoms. The van der Waals surface area contributed by atoms with Gasteiger partial charge in [-0.3, -0.25) is 4.57 Å². The lowest BCUT2D eigenvalue weighted by Crippen LogP contribution is -2.13. The van der Waals surface area contributed by atoms with E-state index in [0.717, 1.165) is 25.9 Å². The maximum absolute atomic E-state index is 12.9. The minimum absolute atomic E-state index is 0.354. The highest BCUT2D eigenvalue weighted by atomic mass is 31.2. The van der Waals surface area contributed by atoms with E-state index in [4.69, 9.17) is 18.6 Å². The molecule has 29 heavy (non-hydrogen) atoms. The third-order valence-corrected chi connectivity index (χ3v) is 7.13. The predicted molar refractivity (Wildman–Crippen MR) is 123 cm³/mol. The summed E-state index contributed by atoms with van der Waals surface area (Å²) in [4.78, 5) is 8.57. The van der Waals surface area contributed by atoms with Crippen molar-refractivity contribution in [3.8, 4) is 0 Å². The van der Waals surface area contributed by atoms with Crippen LogP contribution in [-0.4, -0.2) is 38.5 Å². The standard InChI is InChI=1S/C21H45O4P.C2H2O/c1-6-11-13-20(8-3)15-18-26(22,24-10-5)25-17-16-23-19-21(9-4)14-12-7-2;1-2-3/h20-21H,6-19H2,1-5H3;1H2. The maximum Gasteiger partial charge on any atom is 0.330 e. The van der Waals surface area contributed by atoms with Crippen LogP contribution < -0.4 is 0 Å². The third kappa shape index (κ3) is 19.3. The largest absolute Gasteiger partial charge is 0.379 e. The van der Waals surface area contributed by atoms with Crippen molar-refractivity contribution in [2.45, 2.75) is 92.4 Å². The molecular formula is C23H47O5P. The topological polar surface area (TPSA) is 61.8 Å². The van der Waals surface area contributed by atoms with Gasteiger partial charge >= 0.3 is 7.60 Å². The molecule has 0 radical (unpaired) electrons. The Morgan fingerprint density at radius 1 is 0.862 bits per heavy atom. The Kier molecular flexibility index (Phi) is 23.6. The van der Waals surface area contributed by atoms with Crippen LogP contribution in [0.2, 0.25) is 0 Å². The molecule has 0 aliphatic heterocycles. The Morgan fingerprint density at radius 2 is 1.41 bits per heavy atom. The smallest absolute Gasteiger partial charge is 0.330 e. The zero-order chi connectivity index (χ0) is 22.4. The van der Waals surface area contributed by atoms with Crippen molar-refractivity contribution in [1.82, 2.24) is 0 Å². The molecule has 3 unspecified atom stereocenters. The molecule has 3 atom stereocenters. The molecule has 0 spiro atoms. The van der Waals surface area contributed by atoms with E-state index in [2.05, 4.69) is 34.3 Å². The lowest BCUT2D eigenvalue weighted by Gasteiger charge is -2.21. The summed E-state index contributed by atoms with van der Waals surface area (Å²) in [6.07, 6.45) is 11.1. The second-order valence-corrected chi connectivity index (χ2v) is 9.61. The van der Waals surface area contributed by atoms with Crippen molar-refractivity contribution in [3.63, 3.8) is 0 Å². The highest BCUT2D eigenvalue weighted by Crippen LogP contribution is 2.49. The first-order valence-corrected chi connectivity index (χ1v) is 13.3. The van der Waals surface area contributed by atoms with Crippen LogP contribution >= 0.6 is 7.60 Å². The molecule has 0 amide bonds. The zero-order valence-electron chi connectivity index (χ0n) is 19.7. The van der Waals surface area contributed by atoms with Gasteiger partial charge in [0.2, 0.25) is 0 Å². The fourth-order valence-corrected chi connectivity index (χ4v) is 4.89. The summed E-state index contributed by atoms with van der Waals surface area (Å²) in [5.41, 5.74) is 0. The van der Waals surface area contributed by atoms with E-state index in [1.807, 2.05) is 6.92 Å². The Balaban J connectivity index is 0. The second kappa shape index (κ2) is 22.2. The maximum atomic E-state index is 12.9. The molecular weight excluding hydrogens is 387 g/mol. The molecule has 0 rings (SSSR count). The average Bonchev–Trinajstić information content (AvgIpc) is 2.71. The highest BCUT2D eigenvalue weighted by molar-refractivity contribution is 7.53. The van der Waals surface area contributed by atoms with Crippen LogP contribution in [0.15, 0.2) is 6.58 Å². The van der Waals surface area contributed by atoms with Crippen LogP contribution in [-0.2, 0) is 23.1 Å². The van der Waals surface area contributed by atoms with Gasteiger partial charge in [0.25, 0.3) is 0 Å². The van der Waals surface area contributed by atoms with Crippen molar-refractivity contribution in [2.24, 2.45) is 11.8 Å². The van der Waals surface area contributed by atoms with E-state index in [0.29, 0.717) is 37.8 Å². The Morgan fingerprint density at radius 3 is 1.90 bits per heavy atom. The average molecular weight is 435 g/mol. The molecule has 0 saturated heterocycles. The highest BCUT2D eigenvalue weighted by Gasteiger charge is 2.25. The van der Waals surface area contributed by atoms with Gasteiger partial charge in [-0.05, 0) is 38.2 Å². The number of rotatable bonds is 19. The SMILES string of the molecule is C=C=O.CCCCC(CC)CCP(=O)(OCC)OCCOCC(CC)CCCC. The van der Waals surface area contributed by atoms with E-state index >= 15 is 0 Å². The summed E-state index contributed by atoms with van der Waals surface area (Å²) in [6.45, 7) is 15.5. The second-order valence-electron chi connectivity index (χ2n) is 7.43. The first-order valence-electron chi connectivity index (χ1n) is 11.6. The number of unbranched alkanes of at least 4 members (excludes halogenated alkanes) is 2. The first kappa shape index (κ1) is 30.8. The molecule has 0 bridgehead atoms. The lowest BCUT2D eigenvalue weighted by molar-refractivity contribution is 0.0643. The van der Waals surface area contributed by atoms with Crippen molar-refractivity contribution in [1.29, 1.82) is 0 Å². The van der Waals surface area contributed by atoms with Gasteiger partial charge in [-0.2, -0.15) is 0 Å². The van der Waals surface area contributed by atoms with Crippen LogP contribution in [0, 0.1) is 11.8 Å². The fourth-order valence-electron chi connectivity index (χ4n) is 3.13. The molecule has 5 nitrogen and oxygen atoms in total. The molecule has 0 aromatic carbocycles. The Bertz CT molecular complexity index is 421. The molecule has 0 N–H and O–H groups in total. The molecule has 174 valence electrons. The summed E-state index contributed by atoms with van der Waals surface area (Å²) in [7, 11) is -2.99. The van der Waals surface area contributed by atoms with Crippen molar-refractivity contribution >= 4 is 13.5 Å².